The Balaban J connectivity index is 3.27. The Kier molecular flexibility index (Phi) is 9.11. The van der Waals surface area contributed by atoms with Crippen LogP contribution >= 0.6 is 0 Å². The number of carbonyl (C=O) groups excluding carboxylic acids is 2. The van der Waals surface area contributed by atoms with Crippen LogP contribution < -0.4 is 10.6 Å². The summed E-state index contributed by atoms with van der Waals surface area (Å²) in [6.45, 7) is 8.57. The summed E-state index contributed by atoms with van der Waals surface area (Å²) in [5, 5.41) is 5.55. The molecule has 4 nitrogen and oxygen atoms in total. The summed E-state index contributed by atoms with van der Waals surface area (Å²) in [6.07, 6.45) is 4.54. The number of carbonyl (C=O) groups is 2. The molecule has 0 atom stereocenters. The largest absolute Gasteiger partial charge is 0.356 e. The van der Waals surface area contributed by atoms with E-state index in [2.05, 4.69) is 17.2 Å². The Morgan fingerprint density at radius 2 is 1.71 bits per heavy atom. The van der Waals surface area contributed by atoms with Crippen molar-refractivity contribution in [3.8, 4) is 0 Å². The molecule has 0 aromatic carbocycles. The van der Waals surface area contributed by atoms with Crippen LogP contribution in [-0.4, -0.2) is 24.9 Å². The maximum absolute atomic E-state index is 11.1. The van der Waals surface area contributed by atoms with Gasteiger partial charge in [0.1, 0.15) is 0 Å². The van der Waals surface area contributed by atoms with Gasteiger partial charge in [0.25, 0.3) is 0 Å². The van der Waals surface area contributed by atoms with Gasteiger partial charge in [-0.05, 0) is 26.7 Å². The van der Waals surface area contributed by atoms with E-state index < -0.39 is 0 Å². The van der Waals surface area contributed by atoms with E-state index in [1.54, 1.807) is 6.92 Å². The maximum atomic E-state index is 11.1. The third-order valence-electron chi connectivity index (χ3n) is 2.38. The second kappa shape index (κ2) is 9.87. The number of rotatable bonds is 9. The summed E-state index contributed by atoms with van der Waals surface area (Å²) < 4.78 is 0. The number of hydrogen-bond acceptors (Lipinski definition) is 2. The third kappa shape index (κ3) is 9.60. The van der Waals surface area contributed by atoms with Crippen molar-refractivity contribution in [2.45, 2.75) is 46.0 Å². The lowest BCUT2D eigenvalue weighted by Gasteiger charge is -2.04. The summed E-state index contributed by atoms with van der Waals surface area (Å²) >= 11 is 0. The van der Waals surface area contributed by atoms with E-state index in [1.807, 2.05) is 6.92 Å². The van der Waals surface area contributed by atoms with Crippen molar-refractivity contribution in [1.29, 1.82) is 0 Å². The second-order valence-corrected chi connectivity index (χ2v) is 4.15. The van der Waals surface area contributed by atoms with Gasteiger partial charge >= 0.3 is 0 Å². The highest BCUT2D eigenvalue weighted by Gasteiger charge is 2.00. The Bertz CT molecular complexity index is 262. The molecule has 0 aliphatic rings. The van der Waals surface area contributed by atoms with Crippen LogP contribution in [0.4, 0.5) is 0 Å². The minimum atomic E-state index is -0.0766. The highest BCUT2D eigenvalue weighted by atomic mass is 16.2. The molecule has 0 saturated carbocycles. The van der Waals surface area contributed by atoms with Crippen LogP contribution in [0, 0.1) is 0 Å². The van der Waals surface area contributed by atoms with Gasteiger partial charge in [0.15, 0.2) is 0 Å². The SMILES string of the molecule is C=C(C)C(=O)NCCCCCCC(=O)NCC. The summed E-state index contributed by atoms with van der Waals surface area (Å²) in [5.41, 5.74) is 0.543. The van der Waals surface area contributed by atoms with Crippen LogP contribution in [0.25, 0.3) is 0 Å². The Hall–Kier alpha value is -1.32. The van der Waals surface area contributed by atoms with E-state index >= 15 is 0 Å². The lowest BCUT2D eigenvalue weighted by atomic mass is 10.1. The quantitative estimate of drug-likeness (QED) is 0.476. The minimum Gasteiger partial charge on any atom is -0.356 e. The number of amides is 2. The van der Waals surface area contributed by atoms with E-state index in [1.165, 1.54) is 0 Å². The average molecular weight is 240 g/mol. The van der Waals surface area contributed by atoms with E-state index in [0.29, 0.717) is 25.1 Å². The molecule has 2 amide bonds. The maximum Gasteiger partial charge on any atom is 0.246 e. The zero-order valence-corrected chi connectivity index (χ0v) is 11.0. The van der Waals surface area contributed by atoms with Crippen LogP contribution in [0.15, 0.2) is 12.2 Å². The van der Waals surface area contributed by atoms with Crippen LogP contribution in [-0.2, 0) is 9.59 Å². The molecular formula is C13H24N2O2. The first-order chi connectivity index (χ1) is 8.07. The predicted molar refractivity (Wildman–Crippen MR) is 69.6 cm³/mol. The first-order valence-electron chi connectivity index (χ1n) is 6.28. The molecule has 0 aromatic rings. The molecule has 2 N–H and O–H groups in total. The average Bonchev–Trinajstić information content (AvgIpc) is 2.27. The van der Waals surface area contributed by atoms with Crippen molar-refractivity contribution >= 4 is 11.8 Å². The normalized spacial score (nSPS) is 9.76. The highest BCUT2D eigenvalue weighted by Crippen LogP contribution is 2.02. The standard InChI is InChI=1S/C13H24N2O2/c1-4-14-12(16)9-7-5-6-8-10-15-13(17)11(2)3/h2,4-10H2,1,3H3,(H,14,16)(H,15,17). The van der Waals surface area contributed by atoms with Crippen molar-refractivity contribution in [2.75, 3.05) is 13.1 Å². The minimum absolute atomic E-state index is 0.0766. The monoisotopic (exact) mass is 240 g/mol. The summed E-state index contributed by atoms with van der Waals surface area (Å²) in [4.78, 5) is 22.2. The molecule has 0 bridgehead atoms. The fraction of sp³-hybridized carbons (Fsp3) is 0.692. The molecule has 0 aliphatic heterocycles. The third-order valence-corrected chi connectivity index (χ3v) is 2.38. The molecule has 0 rings (SSSR count). The van der Waals surface area contributed by atoms with Crippen LogP contribution in [0.5, 0.6) is 0 Å². The molecule has 98 valence electrons. The first kappa shape index (κ1) is 15.7. The Morgan fingerprint density at radius 1 is 1.06 bits per heavy atom. The van der Waals surface area contributed by atoms with Gasteiger partial charge in [0, 0.05) is 25.1 Å². The fourth-order valence-electron chi connectivity index (χ4n) is 1.40. The van der Waals surface area contributed by atoms with E-state index in [9.17, 15) is 9.59 Å². The first-order valence-corrected chi connectivity index (χ1v) is 6.28. The topological polar surface area (TPSA) is 58.2 Å². The molecule has 4 heteroatoms. The van der Waals surface area contributed by atoms with Gasteiger partial charge < -0.3 is 10.6 Å². The van der Waals surface area contributed by atoms with Gasteiger partial charge in [0.2, 0.25) is 11.8 Å². The van der Waals surface area contributed by atoms with Crippen LogP contribution in [0.1, 0.15) is 46.0 Å². The zero-order chi connectivity index (χ0) is 13.1. The Labute approximate surface area is 104 Å². The van der Waals surface area contributed by atoms with Crippen molar-refractivity contribution in [3.63, 3.8) is 0 Å². The van der Waals surface area contributed by atoms with Gasteiger partial charge in [-0.2, -0.15) is 0 Å². The van der Waals surface area contributed by atoms with Crippen LogP contribution in [0.3, 0.4) is 0 Å². The number of hydrogen-bond donors (Lipinski definition) is 2. The molecule has 0 spiro atoms. The summed E-state index contributed by atoms with van der Waals surface area (Å²) in [5.74, 6) is 0.0513. The second-order valence-electron chi connectivity index (χ2n) is 4.15. The molecular weight excluding hydrogens is 216 g/mol. The van der Waals surface area contributed by atoms with Gasteiger partial charge in [-0.1, -0.05) is 19.4 Å². The smallest absolute Gasteiger partial charge is 0.246 e. The molecule has 0 radical (unpaired) electrons. The van der Waals surface area contributed by atoms with E-state index in [0.717, 1.165) is 25.7 Å². The molecule has 0 saturated heterocycles. The lowest BCUT2D eigenvalue weighted by molar-refractivity contribution is -0.121. The van der Waals surface area contributed by atoms with E-state index in [-0.39, 0.29) is 11.8 Å². The summed E-state index contributed by atoms with van der Waals surface area (Å²) in [7, 11) is 0. The van der Waals surface area contributed by atoms with Gasteiger partial charge in [-0.25, -0.2) is 0 Å². The number of nitrogens with one attached hydrogen (secondary N) is 2. The molecule has 0 unspecified atom stereocenters. The molecule has 0 heterocycles. The van der Waals surface area contributed by atoms with Crippen molar-refractivity contribution in [3.05, 3.63) is 12.2 Å². The fourth-order valence-corrected chi connectivity index (χ4v) is 1.40. The molecule has 17 heavy (non-hydrogen) atoms. The molecule has 0 fully saturated rings. The van der Waals surface area contributed by atoms with Crippen LogP contribution in [0.2, 0.25) is 0 Å². The van der Waals surface area contributed by atoms with Gasteiger partial charge in [-0.15, -0.1) is 0 Å². The zero-order valence-electron chi connectivity index (χ0n) is 11.0. The van der Waals surface area contributed by atoms with Crippen molar-refractivity contribution in [1.82, 2.24) is 10.6 Å². The van der Waals surface area contributed by atoms with Crippen molar-refractivity contribution in [2.24, 2.45) is 0 Å². The van der Waals surface area contributed by atoms with Gasteiger partial charge in [-0.3, -0.25) is 9.59 Å². The van der Waals surface area contributed by atoms with E-state index in [4.69, 9.17) is 0 Å². The van der Waals surface area contributed by atoms with Gasteiger partial charge in [0.05, 0.1) is 0 Å². The molecule has 0 aromatic heterocycles. The predicted octanol–water partition coefficient (Wildman–Crippen LogP) is 1.77. The Morgan fingerprint density at radius 3 is 2.29 bits per heavy atom. The molecule has 0 aliphatic carbocycles. The summed E-state index contributed by atoms with van der Waals surface area (Å²) in [6, 6.07) is 0. The number of unbranched alkanes of at least 4 members (excludes halogenated alkanes) is 3. The van der Waals surface area contributed by atoms with Crippen molar-refractivity contribution < 1.29 is 9.59 Å². The highest BCUT2D eigenvalue weighted by molar-refractivity contribution is 5.91. The lowest BCUT2D eigenvalue weighted by Crippen LogP contribution is -2.24.